The van der Waals surface area contributed by atoms with E-state index in [4.69, 9.17) is 0 Å². The Hall–Kier alpha value is -2.07. The van der Waals surface area contributed by atoms with Gasteiger partial charge in [0, 0.05) is 18.8 Å². The molecule has 0 radical (unpaired) electrons. The highest BCUT2D eigenvalue weighted by Gasteiger charge is 2.74. The van der Waals surface area contributed by atoms with Crippen molar-refractivity contribution in [3.05, 3.63) is 0 Å². The maximum atomic E-state index is 12.9. The third-order valence-electron chi connectivity index (χ3n) is 11.3. The number of fused-ring (bicyclic) bond motifs is 5. The van der Waals surface area contributed by atoms with E-state index in [1.165, 1.54) is 0 Å². The Morgan fingerprint density at radius 1 is 1.12 bits per heavy atom. The van der Waals surface area contributed by atoms with Crippen LogP contribution in [0.15, 0.2) is 0 Å². The molecular weight excluding hydrogens is 434 g/mol. The maximum absolute atomic E-state index is 12.9. The van der Waals surface area contributed by atoms with Crippen LogP contribution in [0.3, 0.4) is 0 Å². The quantitative estimate of drug-likeness (QED) is 0.447. The number of aliphatic hydroxyl groups is 1. The number of aldehydes is 2. The second-order valence-corrected chi connectivity index (χ2v) is 11.9. The molecule has 0 aromatic rings. The third-order valence-corrected chi connectivity index (χ3v) is 11.3. The first-order chi connectivity index (χ1) is 16.0. The van der Waals surface area contributed by atoms with Crippen molar-refractivity contribution < 1.29 is 29.4 Å². The Balaban J connectivity index is 1.84. The summed E-state index contributed by atoms with van der Waals surface area (Å²) in [6.07, 6.45) is 5.58. The Bertz CT molecular complexity index is 942. The molecule has 4 aliphatic rings. The van der Waals surface area contributed by atoms with E-state index in [-0.39, 0.29) is 42.8 Å². The molecule has 2 N–H and O–H groups in total. The van der Waals surface area contributed by atoms with Crippen LogP contribution in [0.1, 0.15) is 78.6 Å². The van der Waals surface area contributed by atoms with Crippen molar-refractivity contribution in [2.45, 2.75) is 84.2 Å². The van der Waals surface area contributed by atoms with E-state index in [9.17, 15) is 34.7 Å². The van der Waals surface area contributed by atoms with Gasteiger partial charge in [0.2, 0.25) is 0 Å². The molecule has 0 aromatic carbocycles. The molecule has 0 amide bonds. The van der Waals surface area contributed by atoms with Crippen LogP contribution in [-0.2, 0) is 19.2 Å². The highest BCUT2D eigenvalue weighted by molar-refractivity contribution is 5.96. The number of rotatable bonds is 6. The van der Waals surface area contributed by atoms with Gasteiger partial charge in [-0.05, 0) is 73.0 Å². The molecule has 34 heavy (non-hydrogen) atoms. The van der Waals surface area contributed by atoms with Gasteiger partial charge in [0.25, 0.3) is 0 Å². The molecule has 186 valence electrons. The van der Waals surface area contributed by atoms with Crippen molar-refractivity contribution in [1.82, 2.24) is 0 Å². The predicted molar refractivity (Wildman–Crippen MR) is 122 cm³/mol. The van der Waals surface area contributed by atoms with Crippen molar-refractivity contribution in [2.75, 3.05) is 0 Å². The first-order valence-corrected chi connectivity index (χ1v) is 12.8. The molecule has 4 rings (SSSR count). The molecule has 4 saturated carbocycles. The largest absolute Gasteiger partial charge is 0.481 e. The molecule has 7 heteroatoms. The van der Waals surface area contributed by atoms with Gasteiger partial charge in [0.15, 0.2) is 0 Å². The van der Waals surface area contributed by atoms with E-state index < -0.39 is 45.6 Å². The molecule has 0 heterocycles. The zero-order valence-electron chi connectivity index (χ0n) is 20.5. The van der Waals surface area contributed by atoms with Gasteiger partial charge < -0.3 is 19.8 Å². The maximum Gasteiger partial charge on any atom is 0.303 e. The molecule has 4 aliphatic carbocycles. The lowest BCUT2D eigenvalue weighted by Crippen LogP contribution is -2.68. The fourth-order valence-corrected chi connectivity index (χ4v) is 9.63. The zero-order chi connectivity index (χ0) is 25.1. The van der Waals surface area contributed by atoms with Gasteiger partial charge in [-0.1, -0.05) is 27.2 Å². The number of carboxylic acids is 1. The topological polar surface area (TPSA) is 133 Å². The first kappa shape index (κ1) is 25.0. The average Bonchev–Trinajstić information content (AvgIpc) is 3.08. The molecule has 0 bridgehead atoms. The van der Waals surface area contributed by atoms with Crippen molar-refractivity contribution in [1.29, 1.82) is 5.26 Å². The van der Waals surface area contributed by atoms with Gasteiger partial charge in [-0.15, -0.1) is 0 Å². The number of ketones is 1. The SMILES string of the molecule is CCC1C(C=O)[C@H]2[C@@H]3CC[C@](O)(CCC(=O)O)[C@@]3(C)CC[C@@H]2[C@@]2(C)CCC(=O)C(C=O)C12C#N. The van der Waals surface area contributed by atoms with Gasteiger partial charge >= 0.3 is 5.97 Å². The van der Waals surface area contributed by atoms with Crippen molar-refractivity contribution in [2.24, 2.45) is 51.8 Å². The lowest BCUT2D eigenvalue weighted by atomic mass is 9.33. The summed E-state index contributed by atoms with van der Waals surface area (Å²) in [7, 11) is 0. The van der Waals surface area contributed by atoms with E-state index in [1.807, 2.05) is 6.92 Å². The summed E-state index contributed by atoms with van der Waals surface area (Å²) in [6.45, 7) is 6.05. The second kappa shape index (κ2) is 8.26. The predicted octanol–water partition coefficient (Wildman–Crippen LogP) is 3.57. The summed E-state index contributed by atoms with van der Waals surface area (Å²) in [5.41, 5.74) is -3.41. The second-order valence-electron chi connectivity index (χ2n) is 11.9. The lowest BCUT2D eigenvalue weighted by Gasteiger charge is -2.68. The van der Waals surface area contributed by atoms with Crippen molar-refractivity contribution >= 4 is 24.3 Å². The van der Waals surface area contributed by atoms with Crippen LogP contribution < -0.4 is 0 Å². The molecule has 10 atom stereocenters. The number of carbonyl (C=O) groups excluding carboxylic acids is 3. The van der Waals surface area contributed by atoms with E-state index in [1.54, 1.807) is 0 Å². The van der Waals surface area contributed by atoms with E-state index in [0.717, 1.165) is 6.29 Å². The van der Waals surface area contributed by atoms with Crippen LogP contribution in [0.25, 0.3) is 0 Å². The summed E-state index contributed by atoms with van der Waals surface area (Å²) in [5, 5.41) is 31.6. The standard InChI is InChI=1S/C27H37NO6/c1-4-17-16(13-29)23-18-6-11-26(34,12-8-22(32)33)24(18,2)9-5-19(23)25(3)10-7-21(31)20(14-30)27(17,25)15-28/h13-14,16-20,23,34H,4-12H2,1-3H3,(H,32,33)/t16?,17?,18-,19-,20?,23-,24-,25+,26-,27?/m0/s1. The van der Waals surface area contributed by atoms with Gasteiger partial charge in [-0.2, -0.15) is 5.26 Å². The van der Waals surface area contributed by atoms with Gasteiger partial charge in [0.1, 0.15) is 18.4 Å². The molecule has 0 saturated heterocycles. The van der Waals surface area contributed by atoms with Crippen LogP contribution in [0.4, 0.5) is 0 Å². The first-order valence-electron chi connectivity index (χ1n) is 12.8. The molecular formula is C27H37NO6. The summed E-state index contributed by atoms with van der Waals surface area (Å²) in [4.78, 5) is 49.2. The van der Waals surface area contributed by atoms with Crippen LogP contribution in [-0.4, -0.2) is 40.1 Å². The minimum atomic E-state index is -1.21. The van der Waals surface area contributed by atoms with Crippen LogP contribution in [0.5, 0.6) is 0 Å². The Morgan fingerprint density at radius 2 is 1.76 bits per heavy atom. The Morgan fingerprint density at radius 3 is 2.32 bits per heavy atom. The van der Waals surface area contributed by atoms with Gasteiger partial charge in [-0.3, -0.25) is 9.59 Å². The minimum Gasteiger partial charge on any atom is -0.481 e. The van der Waals surface area contributed by atoms with E-state index in [2.05, 4.69) is 19.9 Å². The molecule has 7 nitrogen and oxygen atoms in total. The fourth-order valence-electron chi connectivity index (χ4n) is 9.63. The molecule has 4 unspecified atom stereocenters. The van der Waals surface area contributed by atoms with E-state index in [0.29, 0.717) is 44.8 Å². The minimum absolute atomic E-state index is 0.0133. The molecule has 0 aliphatic heterocycles. The monoisotopic (exact) mass is 471 g/mol. The summed E-state index contributed by atoms with van der Waals surface area (Å²) < 4.78 is 0. The van der Waals surface area contributed by atoms with Crippen molar-refractivity contribution in [3.63, 3.8) is 0 Å². The fraction of sp³-hybridized carbons (Fsp3) is 0.815. The number of nitrogens with zero attached hydrogens (tertiary/aromatic N) is 1. The number of carbonyl (C=O) groups is 4. The lowest BCUT2D eigenvalue weighted by molar-refractivity contribution is -0.217. The van der Waals surface area contributed by atoms with Crippen LogP contribution in [0, 0.1) is 63.1 Å². The summed E-state index contributed by atoms with van der Waals surface area (Å²) in [5.74, 6) is -3.10. The Kier molecular flexibility index (Phi) is 6.08. The number of hydrogen-bond donors (Lipinski definition) is 2. The van der Waals surface area contributed by atoms with E-state index >= 15 is 0 Å². The number of Topliss-reactive ketones (excluding diaryl/α,β-unsaturated/α-hetero) is 1. The number of aliphatic carboxylic acids is 1. The molecule has 0 aromatic heterocycles. The molecule has 4 fully saturated rings. The normalized spacial score (nSPS) is 49.8. The van der Waals surface area contributed by atoms with Crippen molar-refractivity contribution in [3.8, 4) is 6.07 Å². The zero-order valence-corrected chi connectivity index (χ0v) is 20.5. The summed E-state index contributed by atoms with van der Waals surface area (Å²) >= 11 is 0. The van der Waals surface area contributed by atoms with Crippen LogP contribution in [0.2, 0.25) is 0 Å². The highest BCUT2D eigenvalue weighted by atomic mass is 16.4. The highest BCUT2D eigenvalue weighted by Crippen LogP contribution is 2.74. The van der Waals surface area contributed by atoms with Crippen LogP contribution >= 0.6 is 0 Å². The summed E-state index contributed by atoms with van der Waals surface area (Å²) in [6, 6.07) is 2.48. The Labute approximate surface area is 201 Å². The number of nitriles is 1. The smallest absolute Gasteiger partial charge is 0.303 e. The number of carboxylic acid groups (broad SMARTS) is 1. The number of hydrogen-bond acceptors (Lipinski definition) is 6. The van der Waals surface area contributed by atoms with Gasteiger partial charge in [-0.25, -0.2) is 0 Å². The average molecular weight is 472 g/mol. The third kappa shape index (κ3) is 2.90. The van der Waals surface area contributed by atoms with Gasteiger partial charge in [0.05, 0.1) is 23.0 Å². The molecule has 0 spiro atoms.